The molecule has 1 aliphatic carbocycles. The minimum absolute atomic E-state index is 0.0209. The quantitative estimate of drug-likeness (QED) is 0.603. The number of aromatic nitrogens is 2. The molecule has 1 saturated carbocycles. The zero-order chi connectivity index (χ0) is 24.3. The van der Waals surface area contributed by atoms with E-state index in [1.165, 1.54) is 24.1 Å². The Bertz CT molecular complexity index is 1280. The Hall–Kier alpha value is -3.82. The normalized spacial score (nSPS) is 16.8. The second kappa shape index (κ2) is 7.61. The van der Waals surface area contributed by atoms with Crippen LogP contribution in [0.2, 0.25) is 0 Å². The van der Waals surface area contributed by atoms with Gasteiger partial charge in [0, 0.05) is 17.8 Å². The molecule has 0 spiro atoms. The third kappa shape index (κ3) is 3.41. The molecule has 0 atom stereocenters. The van der Waals surface area contributed by atoms with E-state index in [1.807, 2.05) is 0 Å². The fraction of sp³-hybridized carbons (Fsp3) is 0.292. The molecule has 10 heteroatoms. The van der Waals surface area contributed by atoms with E-state index in [4.69, 9.17) is 4.74 Å². The Labute approximate surface area is 192 Å². The van der Waals surface area contributed by atoms with Crippen LogP contribution in [0.25, 0.3) is 5.69 Å². The molecular formula is C24H20F3N3O4. The first-order valence-electron chi connectivity index (χ1n) is 10.6. The van der Waals surface area contributed by atoms with Crippen LogP contribution < -0.4 is 9.64 Å². The molecule has 1 fully saturated rings. The van der Waals surface area contributed by atoms with Crippen molar-refractivity contribution in [2.45, 2.75) is 30.9 Å². The van der Waals surface area contributed by atoms with Gasteiger partial charge in [0.05, 0.1) is 18.2 Å². The van der Waals surface area contributed by atoms with Gasteiger partial charge in [0.1, 0.15) is 11.4 Å². The lowest BCUT2D eigenvalue weighted by Gasteiger charge is -2.28. The number of carboxylic acid groups (broad SMARTS) is 1. The number of carbonyl (C=O) groups excluding carboxylic acids is 1. The van der Waals surface area contributed by atoms with Crippen molar-refractivity contribution < 1.29 is 32.6 Å². The van der Waals surface area contributed by atoms with Crippen molar-refractivity contribution in [3.05, 3.63) is 71.0 Å². The SMILES string of the molecule is COc1ccc(-n2nc(C(F)(F)F)c3c2C(=O)N(c2ccc(C4(C(=O)O)CC4)cc2)CC3)cc1. The lowest BCUT2D eigenvalue weighted by atomic mass is 9.95. The lowest BCUT2D eigenvalue weighted by molar-refractivity contribution is -0.142. The fourth-order valence-corrected chi connectivity index (χ4v) is 4.46. The first-order chi connectivity index (χ1) is 16.2. The number of amides is 1. The number of hydrogen-bond acceptors (Lipinski definition) is 4. The summed E-state index contributed by atoms with van der Waals surface area (Å²) in [5, 5.41) is 13.3. The van der Waals surface area contributed by atoms with E-state index in [-0.39, 0.29) is 24.2 Å². The second-order valence-corrected chi connectivity index (χ2v) is 8.42. The van der Waals surface area contributed by atoms with Crippen LogP contribution in [-0.4, -0.2) is 40.4 Å². The summed E-state index contributed by atoms with van der Waals surface area (Å²) in [5.74, 6) is -0.974. The van der Waals surface area contributed by atoms with Crippen molar-refractivity contribution in [1.82, 2.24) is 9.78 Å². The van der Waals surface area contributed by atoms with Crippen LogP contribution in [-0.2, 0) is 22.8 Å². The van der Waals surface area contributed by atoms with E-state index in [1.54, 1.807) is 36.4 Å². The smallest absolute Gasteiger partial charge is 0.435 e. The number of hydrogen-bond donors (Lipinski definition) is 1. The van der Waals surface area contributed by atoms with Gasteiger partial charge in [0.25, 0.3) is 5.91 Å². The van der Waals surface area contributed by atoms with E-state index in [0.717, 1.165) is 4.68 Å². The Morgan fingerprint density at radius 2 is 1.68 bits per heavy atom. The van der Waals surface area contributed by atoms with Gasteiger partial charge >= 0.3 is 12.1 Å². The van der Waals surface area contributed by atoms with Crippen molar-refractivity contribution in [3.8, 4) is 11.4 Å². The van der Waals surface area contributed by atoms with Crippen LogP contribution in [0, 0.1) is 0 Å². The molecule has 0 saturated heterocycles. The number of carboxylic acids is 1. The van der Waals surface area contributed by atoms with Gasteiger partial charge in [-0.25, -0.2) is 4.68 Å². The summed E-state index contributed by atoms with van der Waals surface area (Å²) in [4.78, 5) is 26.4. The van der Waals surface area contributed by atoms with Crippen LogP contribution >= 0.6 is 0 Å². The third-order valence-electron chi connectivity index (χ3n) is 6.49. The highest BCUT2D eigenvalue weighted by atomic mass is 19.4. The summed E-state index contributed by atoms with van der Waals surface area (Å²) >= 11 is 0. The molecule has 3 aromatic rings. The molecule has 1 N–H and O–H groups in total. The Kier molecular flexibility index (Phi) is 4.92. The third-order valence-corrected chi connectivity index (χ3v) is 6.49. The minimum atomic E-state index is -4.71. The van der Waals surface area contributed by atoms with Gasteiger partial charge in [0.2, 0.25) is 0 Å². The maximum absolute atomic E-state index is 13.7. The molecule has 0 bridgehead atoms. The Morgan fingerprint density at radius 3 is 2.21 bits per heavy atom. The van der Waals surface area contributed by atoms with Gasteiger partial charge in [-0.05, 0) is 61.2 Å². The molecular weight excluding hydrogens is 451 g/mol. The molecule has 1 aliphatic heterocycles. The number of benzene rings is 2. The number of nitrogens with zero attached hydrogens (tertiary/aromatic N) is 3. The van der Waals surface area contributed by atoms with Gasteiger partial charge in [-0.15, -0.1) is 0 Å². The highest BCUT2D eigenvalue weighted by Gasteiger charge is 2.51. The van der Waals surface area contributed by atoms with Crippen molar-refractivity contribution in [3.63, 3.8) is 0 Å². The van der Waals surface area contributed by atoms with Crippen molar-refractivity contribution >= 4 is 17.6 Å². The number of anilines is 1. The van der Waals surface area contributed by atoms with Crippen LogP contribution in [0.3, 0.4) is 0 Å². The molecule has 176 valence electrons. The van der Waals surface area contributed by atoms with Crippen LogP contribution in [0.4, 0.5) is 18.9 Å². The summed E-state index contributed by atoms with van der Waals surface area (Å²) in [7, 11) is 1.47. The number of aliphatic carboxylic acids is 1. The number of methoxy groups -OCH3 is 1. The molecule has 1 amide bonds. The highest BCUT2D eigenvalue weighted by molar-refractivity contribution is 6.07. The standard InChI is InChI=1S/C24H20F3N3O4/c1-34-17-8-6-16(7-9-17)30-19-18(20(28-30)24(25,26)27)10-13-29(21(19)31)15-4-2-14(3-5-15)23(11-12-23)22(32)33/h2-9H,10-13H2,1H3,(H,32,33). The predicted octanol–water partition coefficient (Wildman–Crippen LogP) is 4.22. The maximum Gasteiger partial charge on any atom is 0.435 e. The number of halogens is 3. The van der Waals surface area contributed by atoms with Gasteiger partial charge < -0.3 is 14.7 Å². The average molecular weight is 471 g/mol. The van der Waals surface area contributed by atoms with Crippen molar-refractivity contribution in [2.24, 2.45) is 0 Å². The number of alkyl halides is 3. The number of ether oxygens (including phenoxy) is 1. The number of fused-ring (bicyclic) bond motifs is 1. The topological polar surface area (TPSA) is 84.7 Å². The summed E-state index contributed by atoms with van der Waals surface area (Å²) in [6, 6.07) is 12.8. The van der Waals surface area contributed by atoms with E-state index in [0.29, 0.717) is 35.5 Å². The highest BCUT2D eigenvalue weighted by Crippen LogP contribution is 2.48. The van der Waals surface area contributed by atoms with Gasteiger partial charge in [0.15, 0.2) is 5.69 Å². The summed E-state index contributed by atoms with van der Waals surface area (Å²) < 4.78 is 47.3. The summed E-state index contributed by atoms with van der Waals surface area (Å²) in [6.07, 6.45) is -3.63. The van der Waals surface area contributed by atoms with Gasteiger partial charge in [-0.2, -0.15) is 18.3 Å². The Morgan fingerprint density at radius 1 is 1.06 bits per heavy atom. The lowest BCUT2D eigenvalue weighted by Crippen LogP contribution is -2.39. The van der Waals surface area contributed by atoms with Crippen molar-refractivity contribution in [1.29, 1.82) is 0 Å². The number of carbonyl (C=O) groups is 2. The molecule has 2 aliphatic rings. The van der Waals surface area contributed by atoms with Crippen molar-refractivity contribution in [2.75, 3.05) is 18.6 Å². The van der Waals surface area contributed by atoms with E-state index >= 15 is 0 Å². The first kappa shape index (κ1) is 22.0. The van der Waals surface area contributed by atoms with Gasteiger partial charge in [-0.3, -0.25) is 9.59 Å². The van der Waals surface area contributed by atoms with Crippen LogP contribution in [0.1, 0.15) is 40.2 Å². The van der Waals surface area contributed by atoms with Gasteiger partial charge in [-0.1, -0.05) is 12.1 Å². The predicted molar refractivity (Wildman–Crippen MR) is 115 cm³/mol. The zero-order valence-corrected chi connectivity index (χ0v) is 18.1. The molecule has 1 aromatic heterocycles. The molecule has 0 unspecified atom stereocenters. The molecule has 34 heavy (non-hydrogen) atoms. The summed E-state index contributed by atoms with van der Waals surface area (Å²) in [5.41, 5.74) is -0.796. The minimum Gasteiger partial charge on any atom is -0.497 e. The van der Waals surface area contributed by atoms with E-state index in [2.05, 4.69) is 5.10 Å². The molecule has 2 aromatic carbocycles. The molecule has 5 rings (SSSR count). The maximum atomic E-state index is 13.7. The second-order valence-electron chi connectivity index (χ2n) is 8.42. The Balaban J connectivity index is 1.54. The number of rotatable bonds is 5. The monoisotopic (exact) mass is 471 g/mol. The summed E-state index contributed by atoms with van der Waals surface area (Å²) in [6.45, 7) is 0.0483. The van der Waals surface area contributed by atoms with E-state index in [9.17, 15) is 27.9 Å². The zero-order valence-electron chi connectivity index (χ0n) is 18.1. The fourth-order valence-electron chi connectivity index (χ4n) is 4.46. The molecule has 2 heterocycles. The molecule has 0 radical (unpaired) electrons. The first-order valence-corrected chi connectivity index (χ1v) is 10.6. The molecule has 7 nitrogen and oxygen atoms in total. The van der Waals surface area contributed by atoms with Crippen LogP contribution in [0.15, 0.2) is 48.5 Å². The average Bonchev–Trinajstić information content (AvgIpc) is 3.53. The largest absolute Gasteiger partial charge is 0.497 e. The van der Waals surface area contributed by atoms with E-state index < -0.39 is 29.2 Å². The van der Waals surface area contributed by atoms with Crippen LogP contribution in [0.5, 0.6) is 5.75 Å².